The highest BCUT2D eigenvalue weighted by Gasteiger charge is 2.47. The van der Waals surface area contributed by atoms with E-state index in [4.69, 9.17) is 9.47 Å². The van der Waals surface area contributed by atoms with E-state index in [-0.39, 0.29) is 24.1 Å². The number of hydrogen-bond acceptors (Lipinski definition) is 6. The quantitative estimate of drug-likeness (QED) is 0.665. The van der Waals surface area contributed by atoms with E-state index in [1.165, 1.54) is 0 Å². The Bertz CT molecular complexity index is 937. The Kier molecular flexibility index (Phi) is 6.09. The Balaban J connectivity index is 1.25. The van der Waals surface area contributed by atoms with Crippen LogP contribution in [0.1, 0.15) is 49.5 Å². The minimum atomic E-state index is -0.463. The number of likely N-dealkylation sites (tertiary alicyclic amines) is 1. The van der Waals surface area contributed by atoms with Gasteiger partial charge in [-0.3, -0.25) is 0 Å². The number of esters is 1. The second-order valence-corrected chi connectivity index (χ2v) is 9.79. The summed E-state index contributed by atoms with van der Waals surface area (Å²) in [5.41, 5.74) is 1.13. The van der Waals surface area contributed by atoms with Crippen molar-refractivity contribution < 1.29 is 19.1 Å². The third-order valence-electron chi connectivity index (χ3n) is 6.05. The lowest BCUT2D eigenvalue weighted by Gasteiger charge is -2.53. The number of ether oxygens (including phenoxy) is 2. The number of pyridine rings is 1. The van der Waals surface area contributed by atoms with Crippen molar-refractivity contribution in [3.63, 3.8) is 0 Å². The van der Waals surface area contributed by atoms with Crippen LogP contribution in [0.2, 0.25) is 0 Å². The maximum Gasteiger partial charge on any atom is 0.410 e. The molecular weight excluding hydrogens is 406 g/mol. The molecule has 7 heteroatoms. The number of anilines is 1. The summed E-state index contributed by atoms with van der Waals surface area (Å²) in [4.78, 5) is 33.0. The lowest BCUT2D eigenvalue weighted by Crippen LogP contribution is -2.62. The third-order valence-corrected chi connectivity index (χ3v) is 6.05. The van der Waals surface area contributed by atoms with Gasteiger partial charge in [-0.05, 0) is 51.3 Å². The van der Waals surface area contributed by atoms with Gasteiger partial charge in [0.25, 0.3) is 0 Å². The topological polar surface area (TPSA) is 72.0 Å². The molecule has 0 aliphatic carbocycles. The number of carbonyl (C=O) groups is 2. The molecule has 170 valence electrons. The molecule has 1 amide bonds. The fraction of sp³-hybridized carbons (Fsp3) is 0.480. The van der Waals surface area contributed by atoms with Crippen molar-refractivity contribution in [2.45, 2.75) is 45.8 Å². The van der Waals surface area contributed by atoms with Crippen molar-refractivity contribution in [2.24, 2.45) is 5.41 Å². The first kappa shape index (κ1) is 22.1. The molecule has 0 unspecified atom stereocenters. The van der Waals surface area contributed by atoms with Crippen LogP contribution in [0.5, 0.6) is 0 Å². The number of benzene rings is 1. The van der Waals surface area contributed by atoms with Gasteiger partial charge in [-0.25, -0.2) is 14.6 Å². The van der Waals surface area contributed by atoms with Crippen LogP contribution in [0.4, 0.5) is 10.6 Å². The van der Waals surface area contributed by atoms with Crippen LogP contribution in [-0.2, 0) is 16.1 Å². The monoisotopic (exact) mass is 437 g/mol. The lowest BCUT2D eigenvalue weighted by atomic mass is 9.72. The minimum absolute atomic E-state index is 0.189. The SMILES string of the molecule is CC(C)(C)OC(=O)N1CC2(CCN(c3ccc(C(=O)OCc4ccccc4)cn3)CC2)C1. The Morgan fingerprint density at radius 1 is 1.03 bits per heavy atom. The summed E-state index contributed by atoms with van der Waals surface area (Å²) >= 11 is 0. The number of rotatable bonds is 4. The van der Waals surface area contributed by atoms with Gasteiger partial charge in [-0.2, -0.15) is 0 Å². The smallest absolute Gasteiger partial charge is 0.410 e. The van der Waals surface area contributed by atoms with Crippen molar-refractivity contribution in [3.05, 3.63) is 59.8 Å². The molecule has 2 aliphatic heterocycles. The van der Waals surface area contributed by atoms with Crippen LogP contribution >= 0.6 is 0 Å². The molecule has 3 heterocycles. The summed E-state index contributed by atoms with van der Waals surface area (Å²) in [7, 11) is 0. The molecule has 1 aromatic heterocycles. The van der Waals surface area contributed by atoms with Crippen LogP contribution in [0.3, 0.4) is 0 Å². The molecule has 7 nitrogen and oxygen atoms in total. The molecular formula is C25H31N3O4. The predicted octanol–water partition coefficient (Wildman–Crippen LogP) is 4.28. The summed E-state index contributed by atoms with van der Waals surface area (Å²) in [6.07, 6.45) is 3.38. The summed E-state index contributed by atoms with van der Waals surface area (Å²) < 4.78 is 10.8. The van der Waals surface area contributed by atoms with E-state index >= 15 is 0 Å². The van der Waals surface area contributed by atoms with Crippen molar-refractivity contribution in [2.75, 3.05) is 31.1 Å². The number of hydrogen-bond donors (Lipinski definition) is 0. The average Bonchev–Trinajstić information content (AvgIpc) is 2.75. The van der Waals surface area contributed by atoms with Gasteiger partial charge < -0.3 is 19.3 Å². The second-order valence-electron chi connectivity index (χ2n) is 9.79. The Labute approximate surface area is 189 Å². The number of aromatic nitrogens is 1. The molecule has 0 radical (unpaired) electrons. The molecule has 32 heavy (non-hydrogen) atoms. The molecule has 1 aromatic carbocycles. The molecule has 0 saturated carbocycles. The largest absolute Gasteiger partial charge is 0.457 e. The molecule has 2 aliphatic rings. The zero-order valence-electron chi connectivity index (χ0n) is 19.0. The number of carbonyl (C=O) groups excluding carboxylic acids is 2. The van der Waals surface area contributed by atoms with E-state index in [0.717, 1.165) is 50.4 Å². The van der Waals surface area contributed by atoms with E-state index in [1.807, 2.05) is 57.2 Å². The fourth-order valence-corrected chi connectivity index (χ4v) is 4.25. The van der Waals surface area contributed by atoms with Gasteiger partial charge in [0.2, 0.25) is 0 Å². The number of nitrogens with zero attached hydrogens (tertiary/aromatic N) is 3. The third kappa shape index (κ3) is 5.21. The second kappa shape index (κ2) is 8.81. The minimum Gasteiger partial charge on any atom is -0.457 e. The molecule has 0 bridgehead atoms. The van der Waals surface area contributed by atoms with Crippen molar-refractivity contribution >= 4 is 17.9 Å². The fourth-order valence-electron chi connectivity index (χ4n) is 4.25. The van der Waals surface area contributed by atoms with Crippen molar-refractivity contribution in [3.8, 4) is 0 Å². The van der Waals surface area contributed by atoms with E-state index in [9.17, 15) is 9.59 Å². The number of amides is 1. The van der Waals surface area contributed by atoms with Crippen LogP contribution < -0.4 is 4.90 Å². The van der Waals surface area contributed by atoms with Gasteiger partial charge >= 0.3 is 12.1 Å². The summed E-state index contributed by atoms with van der Waals surface area (Å²) in [5, 5.41) is 0. The summed E-state index contributed by atoms with van der Waals surface area (Å²) in [6, 6.07) is 13.3. The zero-order valence-corrected chi connectivity index (χ0v) is 19.0. The maximum atomic E-state index is 12.3. The lowest BCUT2D eigenvalue weighted by molar-refractivity contribution is -0.0434. The van der Waals surface area contributed by atoms with Gasteiger partial charge in [-0.15, -0.1) is 0 Å². The summed E-state index contributed by atoms with van der Waals surface area (Å²) in [6.45, 7) is 9.20. The van der Waals surface area contributed by atoms with E-state index < -0.39 is 5.60 Å². The van der Waals surface area contributed by atoms with Crippen LogP contribution in [0.15, 0.2) is 48.7 Å². The van der Waals surface area contributed by atoms with Crippen molar-refractivity contribution in [1.82, 2.24) is 9.88 Å². The standard InChI is InChI=1S/C25H31N3O4/c1-24(2,3)32-23(30)28-17-25(18-28)11-13-27(14-12-25)21-10-9-20(15-26-21)22(29)31-16-19-7-5-4-6-8-19/h4-10,15H,11-14,16-18H2,1-3H3. The molecule has 2 saturated heterocycles. The summed E-state index contributed by atoms with van der Waals surface area (Å²) in [5.74, 6) is 0.491. The van der Waals surface area contributed by atoms with Gasteiger partial charge in [0.1, 0.15) is 18.0 Å². The van der Waals surface area contributed by atoms with Gasteiger partial charge in [0.05, 0.1) is 5.56 Å². The van der Waals surface area contributed by atoms with Crippen LogP contribution in [0.25, 0.3) is 0 Å². The first-order chi connectivity index (χ1) is 15.2. The Hall–Kier alpha value is -3.09. The Morgan fingerprint density at radius 3 is 2.31 bits per heavy atom. The maximum absolute atomic E-state index is 12.3. The van der Waals surface area contributed by atoms with Gasteiger partial charge in [0, 0.05) is 37.8 Å². The highest BCUT2D eigenvalue weighted by Crippen LogP contribution is 2.41. The first-order valence-electron chi connectivity index (χ1n) is 11.1. The van der Waals surface area contributed by atoms with Crippen molar-refractivity contribution in [1.29, 1.82) is 0 Å². The van der Waals surface area contributed by atoms with E-state index in [0.29, 0.717) is 5.56 Å². The first-order valence-corrected chi connectivity index (χ1v) is 11.1. The van der Waals surface area contributed by atoms with Gasteiger partial charge in [-0.1, -0.05) is 30.3 Å². The average molecular weight is 438 g/mol. The zero-order chi connectivity index (χ0) is 22.8. The molecule has 0 N–H and O–H groups in total. The van der Waals surface area contributed by atoms with Crippen LogP contribution in [0, 0.1) is 5.41 Å². The van der Waals surface area contributed by atoms with E-state index in [2.05, 4.69) is 9.88 Å². The molecule has 0 atom stereocenters. The highest BCUT2D eigenvalue weighted by molar-refractivity contribution is 5.89. The Morgan fingerprint density at radius 2 is 1.72 bits per heavy atom. The predicted molar refractivity (Wildman–Crippen MR) is 121 cm³/mol. The number of piperidine rings is 1. The molecule has 2 fully saturated rings. The van der Waals surface area contributed by atoms with Crippen LogP contribution in [-0.4, -0.2) is 53.7 Å². The highest BCUT2D eigenvalue weighted by atomic mass is 16.6. The molecule has 1 spiro atoms. The van der Waals surface area contributed by atoms with E-state index in [1.54, 1.807) is 17.2 Å². The molecule has 4 rings (SSSR count). The normalized spacial score (nSPS) is 17.6. The van der Waals surface area contributed by atoms with Gasteiger partial charge in [0.15, 0.2) is 0 Å². The molecule has 2 aromatic rings.